The maximum absolute atomic E-state index is 12.6. The summed E-state index contributed by atoms with van der Waals surface area (Å²) in [5, 5.41) is 13.6. The molecular weight excluding hydrogens is 400 g/mol. The minimum Gasteiger partial charge on any atom is -0.494 e. The van der Waals surface area contributed by atoms with Crippen molar-refractivity contribution in [2.75, 3.05) is 13.2 Å². The first-order valence-electron chi connectivity index (χ1n) is 10.5. The van der Waals surface area contributed by atoms with Gasteiger partial charge >= 0.3 is 0 Å². The molecule has 160 valence electrons. The fourth-order valence-corrected chi connectivity index (χ4v) is 3.66. The van der Waals surface area contributed by atoms with Gasteiger partial charge in [-0.1, -0.05) is 18.2 Å². The molecule has 0 radical (unpaired) electrons. The van der Waals surface area contributed by atoms with E-state index in [2.05, 4.69) is 16.4 Å². The van der Waals surface area contributed by atoms with Gasteiger partial charge in [-0.05, 0) is 67.4 Å². The Labute approximate surface area is 186 Å². The van der Waals surface area contributed by atoms with E-state index in [1.54, 1.807) is 6.08 Å². The van der Waals surface area contributed by atoms with Gasteiger partial charge in [-0.25, -0.2) is 0 Å². The third kappa shape index (κ3) is 4.57. The van der Waals surface area contributed by atoms with Crippen molar-refractivity contribution >= 4 is 22.9 Å². The van der Waals surface area contributed by atoms with Crippen LogP contribution in [0, 0.1) is 11.3 Å². The second kappa shape index (κ2) is 9.71. The number of para-hydroxylation sites is 1. The maximum Gasteiger partial charge on any atom is 0.262 e. The third-order valence-electron chi connectivity index (χ3n) is 5.22. The van der Waals surface area contributed by atoms with Gasteiger partial charge in [0.1, 0.15) is 17.4 Å². The molecule has 4 rings (SSSR count). The van der Waals surface area contributed by atoms with Crippen LogP contribution in [0.15, 0.2) is 78.6 Å². The van der Waals surface area contributed by atoms with Gasteiger partial charge in [0, 0.05) is 41.2 Å². The Morgan fingerprint density at radius 2 is 1.97 bits per heavy atom. The van der Waals surface area contributed by atoms with E-state index in [9.17, 15) is 10.1 Å². The summed E-state index contributed by atoms with van der Waals surface area (Å²) >= 11 is 0. The normalized spacial score (nSPS) is 11.3. The molecule has 2 heterocycles. The highest BCUT2D eigenvalue weighted by molar-refractivity contribution is 6.01. The molecule has 6 heteroatoms. The molecule has 0 saturated heterocycles. The van der Waals surface area contributed by atoms with Crippen molar-refractivity contribution in [1.82, 2.24) is 14.9 Å². The molecule has 2 aromatic heterocycles. The van der Waals surface area contributed by atoms with Gasteiger partial charge in [-0.3, -0.25) is 4.79 Å². The summed E-state index contributed by atoms with van der Waals surface area (Å²) in [5.41, 5.74) is 3.93. The number of aromatic amines is 1. The van der Waals surface area contributed by atoms with Crippen molar-refractivity contribution in [2.24, 2.45) is 0 Å². The Hall–Kier alpha value is -4.24. The topological polar surface area (TPSA) is 82.8 Å². The average molecular weight is 425 g/mol. The maximum atomic E-state index is 12.6. The smallest absolute Gasteiger partial charge is 0.262 e. The minimum atomic E-state index is -0.383. The van der Waals surface area contributed by atoms with Crippen LogP contribution in [-0.4, -0.2) is 28.6 Å². The van der Waals surface area contributed by atoms with E-state index in [-0.39, 0.29) is 11.5 Å². The van der Waals surface area contributed by atoms with Crippen molar-refractivity contribution in [3.8, 4) is 17.5 Å². The number of nitriles is 1. The number of benzene rings is 2. The van der Waals surface area contributed by atoms with Gasteiger partial charge in [-0.15, -0.1) is 0 Å². The van der Waals surface area contributed by atoms with Gasteiger partial charge in [0.2, 0.25) is 0 Å². The lowest BCUT2D eigenvalue weighted by Crippen LogP contribution is -2.26. The lowest BCUT2D eigenvalue weighted by molar-refractivity contribution is -0.117. The van der Waals surface area contributed by atoms with E-state index in [1.165, 1.54) is 0 Å². The summed E-state index contributed by atoms with van der Waals surface area (Å²) in [7, 11) is 0. The monoisotopic (exact) mass is 424 g/mol. The lowest BCUT2D eigenvalue weighted by Gasteiger charge is -2.09. The van der Waals surface area contributed by atoms with Crippen molar-refractivity contribution in [3.63, 3.8) is 0 Å². The Morgan fingerprint density at radius 1 is 1.16 bits per heavy atom. The third-order valence-corrected chi connectivity index (χ3v) is 5.22. The van der Waals surface area contributed by atoms with Crippen LogP contribution in [0.5, 0.6) is 5.75 Å². The number of fused-ring (bicyclic) bond motifs is 1. The molecule has 0 aliphatic rings. The predicted molar refractivity (Wildman–Crippen MR) is 126 cm³/mol. The molecule has 2 aromatic carbocycles. The van der Waals surface area contributed by atoms with Crippen molar-refractivity contribution < 1.29 is 9.53 Å². The molecule has 4 aromatic rings. The number of nitrogens with zero attached hydrogens (tertiary/aromatic N) is 2. The summed E-state index contributed by atoms with van der Waals surface area (Å²) in [6, 6.07) is 21.5. The van der Waals surface area contributed by atoms with Crippen LogP contribution in [0.1, 0.15) is 18.2 Å². The van der Waals surface area contributed by atoms with E-state index in [1.807, 2.05) is 84.6 Å². The van der Waals surface area contributed by atoms with Crippen LogP contribution >= 0.6 is 0 Å². The number of carbonyl (C=O) groups is 1. The molecule has 0 aliphatic carbocycles. The first-order chi connectivity index (χ1) is 15.7. The fraction of sp³-hybridized carbons (Fsp3) is 0.154. The zero-order valence-electron chi connectivity index (χ0n) is 17.8. The molecular formula is C26H24N4O2. The number of carbonyl (C=O) groups excluding carboxylic acids is 1. The van der Waals surface area contributed by atoms with E-state index >= 15 is 0 Å². The van der Waals surface area contributed by atoms with Crippen LogP contribution in [0.25, 0.3) is 22.7 Å². The van der Waals surface area contributed by atoms with Gasteiger partial charge in [0.05, 0.1) is 6.61 Å². The Kier molecular flexibility index (Phi) is 6.38. The summed E-state index contributed by atoms with van der Waals surface area (Å²) in [6.45, 7) is 3.00. The molecule has 0 spiro atoms. The SMILES string of the molecule is CCOc1ccc(-n2cccc2/C=C(/C#N)C(=O)NCCc2c[nH]c3ccccc23)cc1. The van der Waals surface area contributed by atoms with Gasteiger partial charge < -0.3 is 19.6 Å². The highest BCUT2D eigenvalue weighted by Gasteiger charge is 2.11. The van der Waals surface area contributed by atoms with Crippen LogP contribution in [0.3, 0.4) is 0 Å². The summed E-state index contributed by atoms with van der Waals surface area (Å²) < 4.78 is 7.41. The number of rotatable bonds is 8. The second-order valence-corrected chi connectivity index (χ2v) is 7.27. The largest absolute Gasteiger partial charge is 0.494 e. The molecule has 0 aliphatic heterocycles. The number of ether oxygens (including phenoxy) is 1. The van der Waals surface area contributed by atoms with Gasteiger partial charge in [-0.2, -0.15) is 5.26 Å². The number of amides is 1. The Morgan fingerprint density at radius 3 is 2.75 bits per heavy atom. The first-order valence-corrected chi connectivity index (χ1v) is 10.5. The van der Waals surface area contributed by atoms with Gasteiger partial charge in [0.25, 0.3) is 5.91 Å². The molecule has 2 N–H and O–H groups in total. The quantitative estimate of drug-likeness (QED) is 0.320. The van der Waals surface area contributed by atoms with E-state index in [0.29, 0.717) is 19.6 Å². The molecule has 32 heavy (non-hydrogen) atoms. The lowest BCUT2D eigenvalue weighted by atomic mass is 10.1. The number of H-pyrrole nitrogens is 1. The summed E-state index contributed by atoms with van der Waals surface area (Å²) in [6.07, 6.45) is 6.14. The zero-order chi connectivity index (χ0) is 22.3. The van der Waals surface area contributed by atoms with E-state index < -0.39 is 0 Å². The fourth-order valence-electron chi connectivity index (χ4n) is 3.66. The number of nitrogens with one attached hydrogen (secondary N) is 2. The number of hydrogen-bond donors (Lipinski definition) is 2. The van der Waals surface area contributed by atoms with Crippen LogP contribution in [-0.2, 0) is 11.2 Å². The molecule has 0 bridgehead atoms. The molecule has 0 fully saturated rings. The molecule has 0 atom stereocenters. The summed E-state index contributed by atoms with van der Waals surface area (Å²) in [5.74, 6) is 0.416. The van der Waals surface area contributed by atoms with Gasteiger partial charge in [0.15, 0.2) is 0 Å². The van der Waals surface area contributed by atoms with Crippen molar-refractivity contribution in [3.05, 3.63) is 89.9 Å². The Bertz CT molecular complexity index is 1290. The predicted octanol–water partition coefficient (Wildman–Crippen LogP) is 4.62. The Balaban J connectivity index is 1.44. The van der Waals surface area contributed by atoms with Crippen LogP contribution in [0.2, 0.25) is 0 Å². The highest BCUT2D eigenvalue weighted by Crippen LogP contribution is 2.20. The molecule has 1 amide bonds. The second-order valence-electron chi connectivity index (χ2n) is 7.27. The van der Waals surface area contributed by atoms with E-state index in [0.717, 1.165) is 33.6 Å². The zero-order valence-corrected chi connectivity index (χ0v) is 17.8. The standard InChI is InChI=1S/C26H24N4O2/c1-2-32-23-11-9-21(10-12-23)30-15-5-6-22(30)16-20(17-27)26(31)28-14-13-19-18-29-25-8-4-3-7-24(19)25/h3-12,15-16,18,29H,2,13-14H2,1H3,(H,28,31)/b20-16-. The van der Waals surface area contributed by atoms with Crippen molar-refractivity contribution in [1.29, 1.82) is 5.26 Å². The summed E-state index contributed by atoms with van der Waals surface area (Å²) in [4.78, 5) is 15.9. The molecule has 6 nitrogen and oxygen atoms in total. The van der Waals surface area contributed by atoms with Crippen molar-refractivity contribution in [2.45, 2.75) is 13.3 Å². The van der Waals surface area contributed by atoms with Crippen LogP contribution < -0.4 is 10.1 Å². The minimum absolute atomic E-state index is 0.0646. The van der Waals surface area contributed by atoms with E-state index in [4.69, 9.17) is 4.74 Å². The first kappa shape index (κ1) is 21.0. The molecule has 0 saturated carbocycles. The average Bonchev–Trinajstić information content (AvgIpc) is 3.45. The highest BCUT2D eigenvalue weighted by atomic mass is 16.5. The number of hydrogen-bond acceptors (Lipinski definition) is 3. The number of aromatic nitrogens is 2. The molecule has 0 unspecified atom stereocenters. The van der Waals surface area contributed by atoms with Crippen LogP contribution in [0.4, 0.5) is 0 Å².